The number of amides is 2. The average Bonchev–Trinajstić information content (AvgIpc) is 3.17. The predicted octanol–water partition coefficient (Wildman–Crippen LogP) is 3.56. The number of urea groups is 1. The molecule has 4 rings (SSSR count). The molecule has 2 aromatic rings. The fourth-order valence-electron chi connectivity index (χ4n) is 3.75. The van der Waals surface area contributed by atoms with Crippen molar-refractivity contribution in [2.75, 3.05) is 20.2 Å². The Morgan fingerprint density at radius 1 is 1.18 bits per heavy atom. The lowest BCUT2D eigenvalue weighted by molar-refractivity contribution is -0.0550. The van der Waals surface area contributed by atoms with E-state index in [1.807, 2.05) is 59.5 Å². The first kappa shape index (κ1) is 18.3. The van der Waals surface area contributed by atoms with Gasteiger partial charge in [0.2, 0.25) is 0 Å². The highest BCUT2D eigenvalue weighted by atomic mass is 16.7. The van der Waals surface area contributed by atoms with Crippen molar-refractivity contribution in [3.63, 3.8) is 0 Å². The summed E-state index contributed by atoms with van der Waals surface area (Å²) in [6.07, 6.45) is 2.32. The molecule has 146 valence electrons. The summed E-state index contributed by atoms with van der Waals surface area (Å²) in [6, 6.07) is 17.8. The first-order chi connectivity index (χ1) is 13.7. The van der Waals surface area contributed by atoms with Crippen molar-refractivity contribution in [2.45, 2.75) is 31.4 Å². The number of rotatable bonds is 4. The molecular formula is C22H25N3O3. The third kappa shape index (κ3) is 3.96. The second-order valence-electron chi connectivity index (χ2n) is 7.35. The van der Waals surface area contributed by atoms with Gasteiger partial charge in [0, 0.05) is 44.5 Å². The number of carbonyl (C=O) groups is 1. The quantitative estimate of drug-likeness (QED) is 0.883. The zero-order valence-electron chi connectivity index (χ0n) is 16.1. The van der Waals surface area contributed by atoms with E-state index in [1.54, 1.807) is 7.11 Å². The topological polar surface area (TPSA) is 63.2 Å². The molecule has 1 spiro atoms. The van der Waals surface area contributed by atoms with E-state index < -0.39 is 0 Å². The molecule has 6 heteroatoms. The molecule has 2 amide bonds. The standard InChI is InChI=1S/C22H25N3O3/c1-27-19-9-5-8-18(14-19)20-15-22(28-24-20)10-12-25(13-11-22)21(26)23-16-17-6-3-2-4-7-17/h2-9,14H,10-13,15-16H2,1H3,(H,23,26). The second kappa shape index (κ2) is 7.92. The van der Waals surface area contributed by atoms with Crippen LogP contribution in [0.1, 0.15) is 30.4 Å². The van der Waals surface area contributed by atoms with Gasteiger partial charge >= 0.3 is 6.03 Å². The lowest BCUT2D eigenvalue weighted by Gasteiger charge is -2.37. The van der Waals surface area contributed by atoms with Gasteiger partial charge < -0.3 is 19.8 Å². The minimum atomic E-state index is -0.297. The Balaban J connectivity index is 1.30. The lowest BCUT2D eigenvalue weighted by atomic mass is 9.85. The summed E-state index contributed by atoms with van der Waals surface area (Å²) in [5.74, 6) is 0.811. The van der Waals surface area contributed by atoms with Gasteiger partial charge in [-0.25, -0.2) is 4.79 Å². The van der Waals surface area contributed by atoms with E-state index in [1.165, 1.54) is 0 Å². The largest absolute Gasteiger partial charge is 0.497 e. The number of hydrogen-bond acceptors (Lipinski definition) is 4. The Hall–Kier alpha value is -3.02. The summed E-state index contributed by atoms with van der Waals surface area (Å²) in [5, 5.41) is 7.34. The molecule has 2 heterocycles. The van der Waals surface area contributed by atoms with Crippen molar-refractivity contribution in [2.24, 2.45) is 5.16 Å². The number of carbonyl (C=O) groups excluding carboxylic acids is 1. The van der Waals surface area contributed by atoms with Gasteiger partial charge in [0.05, 0.1) is 12.8 Å². The smallest absolute Gasteiger partial charge is 0.317 e. The van der Waals surface area contributed by atoms with Crippen LogP contribution in [0.5, 0.6) is 5.75 Å². The minimum absolute atomic E-state index is 0.0226. The van der Waals surface area contributed by atoms with E-state index in [9.17, 15) is 4.79 Å². The van der Waals surface area contributed by atoms with Gasteiger partial charge in [0.15, 0.2) is 0 Å². The first-order valence-corrected chi connectivity index (χ1v) is 9.64. The molecule has 2 aliphatic rings. The molecule has 6 nitrogen and oxygen atoms in total. The molecule has 0 atom stereocenters. The number of likely N-dealkylation sites (tertiary alicyclic amines) is 1. The number of methoxy groups -OCH3 is 1. The van der Waals surface area contributed by atoms with Crippen LogP contribution < -0.4 is 10.1 Å². The molecule has 1 fully saturated rings. The van der Waals surface area contributed by atoms with Gasteiger partial charge in [-0.2, -0.15) is 0 Å². The van der Waals surface area contributed by atoms with E-state index in [4.69, 9.17) is 9.57 Å². The number of ether oxygens (including phenoxy) is 1. The van der Waals surface area contributed by atoms with Gasteiger partial charge in [-0.3, -0.25) is 0 Å². The molecular weight excluding hydrogens is 354 g/mol. The third-order valence-electron chi connectivity index (χ3n) is 5.49. The summed E-state index contributed by atoms with van der Waals surface area (Å²) in [7, 11) is 1.66. The fourth-order valence-corrected chi connectivity index (χ4v) is 3.75. The maximum absolute atomic E-state index is 12.5. The molecule has 1 saturated heterocycles. The van der Waals surface area contributed by atoms with E-state index in [-0.39, 0.29) is 11.6 Å². The molecule has 0 saturated carbocycles. The summed E-state index contributed by atoms with van der Waals surface area (Å²) >= 11 is 0. The summed E-state index contributed by atoms with van der Waals surface area (Å²) < 4.78 is 5.30. The predicted molar refractivity (Wildman–Crippen MR) is 107 cm³/mol. The van der Waals surface area contributed by atoms with E-state index in [2.05, 4.69) is 10.5 Å². The molecule has 1 N–H and O–H groups in total. The highest BCUT2D eigenvalue weighted by molar-refractivity contribution is 6.02. The van der Waals surface area contributed by atoms with Crippen LogP contribution in [-0.4, -0.2) is 42.4 Å². The normalized spacial score (nSPS) is 17.8. The molecule has 0 aliphatic carbocycles. The van der Waals surface area contributed by atoms with Crippen molar-refractivity contribution in [1.82, 2.24) is 10.2 Å². The van der Waals surface area contributed by atoms with Crippen LogP contribution in [0, 0.1) is 0 Å². The maximum atomic E-state index is 12.5. The van der Waals surface area contributed by atoms with E-state index in [0.29, 0.717) is 19.6 Å². The van der Waals surface area contributed by atoms with E-state index in [0.717, 1.165) is 41.9 Å². The van der Waals surface area contributed by atoms with Gasteiger partial charge in [0.1, 0.15) is 11.4 Å². The highest BCUT2D eigenvalue weighted by Gasteiger charge is 2.43. The summed E-state index contributed by atoms with van der Waals surface area (Å²) in [6.45, 7) is 1.88. The van der Waals surface area contributed by atoms with Crippen molar-refractivity contribution in [1.29, 1.82) is 0 Å². The van der Waals surface area contributed by atoms with Crippen LogP contribution in [0.4, 0.5) is 4.79 Å². The average molecular weight is 379 g/mol. The Morgan fingerprint density at radius 2 is 1.96 bits per heavy atom. The molecule has 0 unspecified atom stereocenters. The van der Waals surface area contributed by atoms with Gasteiger partial charge in [0.25, 0.3) is 0 Å². The molecule has 28 heavy (non-hydrogen) atoms. The number of nitrogens with zero attached hydrogens (tertiary/aromatic N) is 2. The number of nitrogens with one attached hydrogen (secondary N) is 1. The number of piperidine rings is 1. The Kier molecular flexibility index (Phi) is 5.19. The van der Waals surface area contributed by atoms with Gasteiger partial charge in [-0.1, -0.05) is 47.6 Å². The first-order valence-electron chi connectivity index (χ1n) is 9.64. The van der Waals surface area contributed by atoms with Crippen molar-refractivity contribution in [3.05, 3.63) is 65.7 Å². The Bertz CT molecular complexity index is 858. The number of oxime groups is 1. The van der Waals surface area contributed by atoms with Crippen molar-refractivity contribution >= 4 is 11.7 Å². The summed E-state index contributed by atoms with van der Waals surface area (Å²) in [4.78, 5) is 20.2. The van der Waals surface area contributed by atoms with Crippen LogP contribution in [0.15, 0.2) is 59.8 Å². The van der Waals surface area contributed by atoms with Crippen LogP contribution in [0.25, 0.3) is 0 Å². The second-order valence-corrected chi connectivity index (χ2v) is 7.35. The monoisotopic (exact) mass is 379 g/mol. The van der Waals surface area contributed by atoms with E-state index >= 15 is 0 Å². The zero-order valence-corrected chi connectivity index (χ0v) is 16.1. The van der Waals surface area contributed by atoms with Gasteiger partial charge in [-0.15, -0.1) is 0 Å². The zero-order chi connectivity index (χ0) is 19.4. The van der Waals surface area contributed by atoms with Crippen LogP contribution in [0.2, 0.25) is 0 Å². The summed E-state index contributed by atoms with van der Waals surface area (Å²) in [5.41, 5.74) is 2.77. The number of hydrogen-bond donors (Lipinski definition) is 1. The van der Waals surface area contributed by atoms with Crippen molar-refractivity contribution in [3.8, 4) is 5.75 Å². The van der Waals surface area contributed by atoms with Crippen molar-refractivity contribution < 1.29 is 14.4 Å². The maximum Gasteiger partial charge on any atom is 0.317 e. The van der Waals surface area contributed by atoms with Crippen LogP contribution in [0.3, 0.4) is 0 Å². The van der Waals surface area contributed by atoms with Crippen LogP contribution >= 0.6 is 0 Å². The molecule has 2 aliphatic heterocycles. The molecule has 0 bridgehead atoms. The highest BCUT2D eigenvalue weighted by Crippen LogP contribution is 2.36. The third-order valence-corrected chi connectivity index (χ3v) is 5.49. The molecule has 0 radical (unpaired) electrons. The minimum Gasteiger partial charge on any atom is -0.497 e. The van der Waals surface area contributed by atoms with Gasteiger partial charge in [-0.05, 0) is 17.7 Å². The fraction of sp³-hybridized carbons (Fsp3) is 0.364. The molecule has 0 aromatic heterocycles. The Morgan fingerprint density at radius 3 is 2.71 bits per heavy atom. The number of benzene rings is 2. The molecule has 2 aromatic carbocycles. The lowest BCUT2D eigenvalue weighted by Crippen LogP contribution is -2.49. The Labute approximate surface area is 165 Å². The van der Waals surface area contributed by atoms with Crippen LogP contribution in [-0.2, 0) is 11.4 Å². The SMILES string of the molecule is COc1cccc(C2=NOC3(CCN(C(=O)NCc4ccccc4)CC3)C2)c1.